The molecule has 12 aromatic rings. The topological polar surface area (TPSA) is 38.7 Å². The van der Waals surface area contributed by atoms with Crippen LogP contribution in [0, 0.1) is 0 Å². The molecule has 0 saturated carbocycles. The molecule has 13 rings (SSSR count). The molecule has 0 amide bonds. The van der Waals surface area contributed by atoms with Crippen LogP contribution in [0.2, 0.25) is 0 Å². The highest BCUT2D eigenvalue weighted by atomic mass is 32.1. The first-order valence-electron chi connectivity index (χ1n) is 21.8. The number of rotatable bonds is 6. The van der Waals surface area contributed by atoms with Crippen molar-refractivity contribution < 1.29 is 0 Å². The van der Waals surface area contributed by atoms with E-state index < -0.39 is 0 Å². The molecule has 5 heteroatoms. The van der Waals surface area contributed by atoms with Crippen LogP contribution in [0.4, 0.5) is 0 Å². The van der Waals surface area contributed by atoms with Gasteiger partial charge in [-0.25, -0.2) is 15.0 Å². The van der Waals surface area contributed by atoms with Crippen molar-refractivity contribution in [1.29, 1.82) is 0 Å². The Morgan fingerprint density at radius 1 is 0.422 bits per heavy atom. The van der Waals surface area contributed by atoms with E-state index in [9.17, 15) is 0 Å². The van der Waals surface area contributed by atoms with Crippen LogP contribution in [-0.4, -0.2) is 15.0 Å². The number of benzene rings is 8. The smallest absolute Gasteiger partial charge is 0.160 e. The van der Waals surface area contributed by atoms with Crippen molar-refractivity contribution in [2.75, 3.05) is 0 Å². The Kier molecular flexibility index (Phi) is 8.71. The molecule has 0 unspecified atom stereocenters. The zero-order valence-electron chi connectivity index (χ0n) is 34.6. The molecule has 4 aromatic heterocycles. The fourth-order valence-electron chi connectivity index (χ4n) is 9.71. The molecule has 64 heavy (non-hydrogen) atoms. The van der Waals surface area contributed by atoms with E-state index in [0.29, 0.717) is 5.82 Å². The molecule has 1 aliphatic rings. The number of hydrogen-bond acceptors (Lipinski definition) is 5. The first-order chi connectivity index (χ1) is 31.7. The number of nitrogens with zero attached hydrogens (tertiary/aromatic N) is 3. The van der Waals surface area contributed by atoms with Crippen molar-refractivity contribution in [3.05, 3.63) is 205 Å². The third-order valence-corrected chi connectivity index (χ3v) is 15.2. The third-order valence-electron chi connectivity index (χ3n) is 12.8. The van der Waals surface area contributed by atoms with Crippen molar-refractivity contribution in [1.82, 2.24) is 15.0 Å². The van der Waals surface area contributed by atoms with Crippen molar-refractivity contribution >= 4 is 80.7 Å². The van der Waals surface area contributed by atoms with Gasteiger partial charge in [-0.05, 0) is 75.7 Å². The second-order valence-electron chi connectivity index (χ2n) is 16.5. The lowest BCUT2D eigenvalue weighted by Crippen LogP contribution is -1.96. The van der Waals surface area contributed by atoms with Crippen LogP contribution in [0.1, 0.15) is 16.9 Å². The molecule has 0 bridgehead atoms. The molecule has 0 atom stereocenters. The van der Waals surface area contributed by atoms with Gasteiger partial charge in [-0.3, -0.25) is 0 Å². The van der Waals surface area contributed by atoms with E-state index in [-0.39, 0.29) is 0 Å². The fourth-order valence-corrected chi connectivity index (χ4v) is 12.3. The van der Waals surface area contributed by atoms with Crippen LogP contribution in [0.15, 0.2) is 194 Å². The second kappa shape index (κ2) is 15.1. The Morgan fingerprint density at radius 3 is 2.00 bits per heavy atom. The van der Waals surface area contributed by atoms with Gasteiger partial charge in [0.2, 0.25) is 0 Å². The maximum Gasteiger partial charge on any atom is 0.160 e. The molecular formula is C59H37N3S2. The Morgan fingerprint density at radius 2 is 1.09 bits per heavy atom. The molecule has 0 aliphatic heterocycles. The highest BCUT2D eigenvalue weighted by Crippen LogP contribution is 2.47. The standard InChI is InChI=1S/C59H37N3S2/c1-2-15-38(16-3-1)50-35-51(41-19-10-18-40(34-41)44-24-12-26-47-45-21-6-8-28-52(45)63-57(44)47)62-59(61-50)39-32-30-37(31-33-39)43-23-13-27-49-54(43)55-48-22-7-9-29-53(48)64-58(55)56(60-49)46-25-11-17-36-14-4-5-20-42(36)46/h1-7,9-27,29-35H,8,28H2. The largest absolute Gasteiger partial charge is 0.246 e. The summed E-state index contributed by atoms with van der Waals surface area (Å²) in [5.41, 5.74) is 14.2. The minimum Gasteiger partial charge on any atom is -0.246 e. The maximum atomic E-state index is 5.49. The number of thiophene rings is 2. The summed E-state index contributed by atoms with van der Waals surface area (Å²) in [4.78, 5) is 17.5. The summed E-state index contributed by atoms with van der Waals surface area (Å²) in [6, 6.07) is 67.4. The lowest BCUT2D eigenvalue weighted by Gasteiger charge is -2.14. The molecule has 8 aromatic carbocycles. The first-order valence-corrected chi connectivity index (χ1v) is 23.4. The highest BCUT2D eigenvalue weighted by molar-refractivity contribution is 7.26. The Labute approximate surface area is 378 Å². The quantitative estimate of drug-likeness (QED) is 0.167. The lowest BCUT2D eigenvalue weighted by molar-refractivity contribution is 1.02. The van der Waals surface area contributed by atoms with Crippen molar-refractivity contribution in [3.8, 4) is 67.4 Å². The third kappa shape index (κ3) is 6.11. The number of aryl methyl sites for hydroxylation is 1. The van der Waals surface area contributed by atoms with Crippen LogP contribution < -0.4 is 0 Å². The summed E-state index contributed by atoms with van der Waals surface area (Å²) in [6.07, 6.45) is 6.84. The summed E-state index contributed by atoms with van der Waals surface area (Å²) >= 11 is 3.78. The first kappa shape index (κ1) is 37.0. The molecular weight excluding hydrogens is 815 g/mol. The predicted molar refractivity (Wildman–Crippen MR) is 273 cm³/mol. The van der Waals surface area contributed by atoms with Gasteiger partial charge in [0.15, 0.2) is 5.82 Å². The van der Waals surface area contributed by atoms with E-state index in [1.54, 1.807) is 0 Å². The molecule has 300 valence electrons. The van der Waals surface area contributed by atoms with Crippen molar-refractivity contribution in [2.24, 2.45) is 0 Å². The van der Waals surface area contributed by atoms with E-state index in [1.807, 2.05) is 28.7 Å². The van der Waals surface area contributed by atoms with Gasteiger partial charge in [0, 0.05) is 58.1 Å². The Bertz CT molecular complexity index is 3840. The Hall–Kier alpha value is -7.57. The van der Waals surface area contributed by atoms with Gasteiger partial charge in [0.05, 0.1) is 27.3 Å². The minimum atomic E-state index is 0.693. The van der Waals surface area contributed by atoms with Gasteiger partial charge < -0.3 is 0 Å². The van der Waals surface area contributed by atoms with E-state index in [1.165, 1.54) is 68.0 Å². The van der Waals surface area contributed by atoms with E-state index in [0.717, 1.165) is 68.8 Å². The zero-order chi connectivity index (χ0) is 42.1. The lowest BCUT2D eigenvalue weighted by atomic mass is 9.94. The van der Waals surface area contributed by atoms with Crippen LogP contribution in [0.3, 0.4) is 0 Å². The van der Waals surface area contributed by atoms with E-state index in [4.69, 9.17) is 15.0 Å². The van der Waals surface area contributed by atoms with Crippen LogP contribution >= 0.6 is 22.7 Å². The van der Waals surface area contributed by atoms with E-state index in [2.05, 4.69) is 194 Å². The number of aromatic nitrogens is 3. The molecule has 1 aliphatic carbocycles. The minimum absolute atomic E-state index is 0.693. The van der Waals surface area contributed by atoms with E-state index >= 15 is 0 Å². The molecule has 0 spiro atoms. The van der Waals surface area contributed by atoms with Gasteiger partial charge in [-0.1, -0.05) is 176 Å². The zero-order valence-corrected chi connectivity index (χ0v) is 36.3. The molecule has 0 saturated heterocycles. The SMILES string of the molecule is C1=Cc2c(sc3c(-c4cccc(-c5cc(-c6ccccc6)nc(-c6ccc(-c7cccc8nc(-c9cccc%10ccccc9%10)c9sc%10ccccc%10c9c78)cc6)n5)c4)cccc23)CC1. The molecule has 0 N–H and O–H groups in total. The van der Waals surface area contributed by atoms with Gasteiger partial charge in [0.25, 0.3) is 0 Å². The number of hydrogen-bond donors (Lipinski definition) is 0. The van der Waals surface area contributed by atoms with Gasteiger partial charge in [-0.2, -0.15) is 0 Å². The average Bonchev–Trinajstić information content (AvgIpc) is 3.95. The maximum absolute atomic E-state index is 5.49. The molecule has 4 heterocycles. The van der Waals surface area contributed by atoms with Gasteiger partial charge in [-0.15, -0.1) is 22.7 Å². The summed E-state index contributed by atoms with van der Waals surface area (Å²) in [6.45, 7) is 0. The molecule has 0 fully saturated rings. The van der Waals surface area contributed by atoms with Gasteiger partial charge >= 0.3 is 0 Å². The fraction of sp³-hybridized carbons (Fsp3) is 0.0339. The molecule has 3 nitrogen and oxygen atoms in total. The summed E-state index contributed by atoms with van der Waals surface area (Å²) in [5.74, 6) is 0.693. The average molecular weight is 852 g/mol. The van der Waals surface area contributed by atoms with Crippen molar-refractivity contribution in [2.45, 2.75) is 12.8 Å². The van der Waals surface area contributed by atoms with Crippen LogP contribution in [0.25, 0.3) is 125 Å². The normalized spacial score (nSPS) is 12.5. The van der Waals surface area contributed by atoms with Crippen molar-refractivity contribution in [3.63, 3.8) is 0 Å². The number of pyridine rings is 1. The summed E-state index contributed by atoms with van der Waals surface area (Å²) in [7, 11) is 0. The number of allylic oxidation sites excluding steroid dienone is 1. The van der Waals surface area contributed by atoms with Crippen LogP contribution in [0.5, 0.6) is 0 Å². The predicted octanol–water partition coefficient (Wildman–Crippen LogP) is 16.7. The summed E-state index contributed by atoms with van der Waals surface area (Å²) < 4.78 is 3.82. The summed E-state index contributed by atoms with van der Waals surface area (Å²) in [5, 5.41) is 7.45. The Balaban J connectivity index is 0.937. The van der Waals surface area contributed by atoms with Crippen LogP contribution in [-0.2, 0) is 6.42 Å². The molecule has 0 radical (unpaired) electrons. The van der Waals surface area contributed by atoms with Gasteiger partial charge in [0.1, 0.15) is 0 Å². The number of fused-ring (bicyclic) bond motifs is 9. The monoisotopic (exact) mass is 851 g/mol. The highest BCUT2D eigenvalue weighted by Gasteiger charge is 2.21. The second-order valence-corrected chi connectivity index (χ2v) is 18.7.